The summed E-state index contributed by atoms with van der Waals surface area (Å²) in [7, 11) is 0. The van der Waals surface area contributed by atoms with E-state index in [1.807, 2.05) is 26.1 Å². The molecule has 8 nitrogen and oxygen atoms in total. The molecule has 1 saturated carbocycles. The van der Waals surface area contributed by atoms with Crippen molar-refractivity contribution in [3.8, 4) is 10.4 Å². The molecule has 1 saturated heterocycles. The van der Waals surface area contributed by atoms with E-state index in [-0.39, 0.29) is 27.2 Å². The summed E-state index contributed by atoms with van der Waals surface area (Å²) in [6.07, 6.45) is -4.83. The number of carbonyl (C=O) groups is 2. The maximum atomic E-state index is 14.0. The van der Waals surface area contributed by atoms with Crippen molar-refractivity contribution in [2.45, 2.75) is 77.2 Å². The van der Waals surface area contributed by atoms with Gasteiger partial charge in [-0.1, -0.05) is 13.8 Å². The standard InChI is InChI=1S/C22H24F5N5O3S.C2H6/c1-10-3-2-6-32(10)21(35)16-17(36-20(31-16)19(34)30-13-4-5-14(13)33)12-8-28-15(7-11(12)18(23)24)29-9-22(25,26)27;1-2/h7-8,10,13-14,18,33H,2-6,9H2,1H3,(H,28,29)(H,30,34);1-2H3. The Labute approximate surface area is 220 Å². The van der Waals surface area contributed by atoms with Crippen LogP contribution in [0.1, 0.15) is 78.7 Å². The molecule has 0 aromatic carbocycles. The van der Waals surface area contributed by atoms with Crippen molar-refractivity contribution in [1.82, 2.24) is 20.2 Å². The zero-order chi connectivity index (χ0) is 28.2. The van der Waals surface area contributed by atoms with Crippen molar-refractivity contribution in [3.05, 3.63) is 28.5 Å². The van der Waals surface area contributed by atoms with Gasteiger partial charge in [-0.2, -0.15) is 13.2 Å². The quantitative estimate of drug-likeness (QED) is 0.409. The second-order valence-electron chi connectivity index (χ2n) is 8.84. The SMILES string of the molecule is CC.CC1CCCN1C(=O)c1nc(C(=O)NC2CCC2O)sc1-c1cnc(NCC(F)(F)F)cc1C(F)F. The minimum absolute atomic E-state index is 0.0245. The third-order valence-corrected chi connectivity index (χ3v) is 7.37. The molecule has 14 heteroatoms. The van der Waals surface area contributed by atoms with Crippen LogP contribution in [0.15, 0.2) is 12.3 Å². The van der Waals surface area contributed by atoms with Crippen LogP contribution in [0.25, 0.3) is 10.4 Å². The largest absolute Gasteiger partial charge is 0.405 e. The first-order chi connectivity index (χ1) is 17.9. The van der Waals surface area contributed by atoms with E-state index in [2.05, 4.69) is 15.3 Å². The smallest absolute Gasteiger partial charge is 0.391 e. The fourth-order valence-corrected chi connectivity index (χ4v) is 5.12. The number of anilines is 1. The number of amides is 2. The number of hydrogen-bond acceptors (Lipinski definition) is 7. The lowest BCUT2D eigenvalue weighted by Crippen LogP contribution is -2.50. The zero-order valence-electron chi connectivity index (χ0n) is 21.1. The fourth-order valence-electron chi connectivity index (χ4n) is 4.13. The number of halogens is 5. The Morgan fingerprint density at radius 1 is 1.24 bits per heavy atom. The van der Waals surface area contributed by atoms with Gasteiger partial charge in [0.1, 0.15) is 18.1 Å². The maximum absolute atomic E-state index is 14.0. The second kappa shape index (κ2) is 12.3. The number of pyridine rings is 1. The average Bonchev–Trinajstić information content (AvgIpc) is 3.52. The number of aliphatic hydroxyl groups excluding tert-OH is 1. The number of nitrogens with one attached hydrogen (secondary N) is 2. The lowest BCUT2D eigenvalue weighted by molar-refractivity contribution is -0.115. The predicted molar refractivity (Wildman–Crippen MR) is 132 cm³/mol. The molecule has 0 radical (unpaired) electrons. The van der Waals surface area contributed by atoms with Crippen molar-refractivity contribution >= 4 is 29.0 Å². The normalized spacial score (nSPS) is 21.0. The van der Waals surface area contributed by atoms with Crippen molar-refractivity contribution in [2.24, 2.45) is 0 Å². The molecular formula is C24H30F5N5O3S. The molecule has 210 valence electrons. The van der Waals surface area contributed by atoms with Crippen molar-refractivity contribution in [2.75, 3.05) is 18.4 Å². The Balaban J connectivity index is 0.00000195. The molecule has 0 spiro atoms. The number of carbonyl (C=O) groups excluding carboxylic acids is 2. The van der Waals surface area contributed by atoms with E-state index in [9.17, 15) is 36.6 Å². The van der Waals surface area contributed by atoms with E-state index in [4.69, 9.17) is 0 Å². The van der Waals surface area contributed by atoms with Crippen LogP contribution in [0.4, 0.5) is 27.8 Å². The van der Waals surface area contributed by atoms with E-state index in [0.29, 0.717) is 30.7 Å². The Kier molecular flexibility index (Phi) is 9.63. The summed E-state index contributed by atoms with van der Waals surface area (Å²) in [6, 6.07) is 0.207. The van der Waals surface area contributed by atoms with Crippen LogP contribution in [0, 0.1) is 0 Å². The van der Waals surface area contributed by atoms with Gasteiger partial charge in [0.25, 0.3) is 18.2 Å². The molecular weight excluding hydrogens is 533 g/mol. The first kappa shape index (κ1) is 29.7. The summed E-state index contributed by atoms with van der Waals surface area (Å²) < 4.78 is 65.6. The number of likely N-dealkylation sites (tertiary alicyclic amines) is 1. The Bertz CT molecular complexity index is 1140. The molecule has 3 heterocycles. The lowest BCUT2D eigenvalue weighted by Gasteiger charge is -2.32. The molecule has 38 heavy (non-hydrogen) atoms. The molecule has 2 aromatic rings. The van der Waals surface area contributed by atoms with Gasteiger partial charge in [0, 0.05) is 29.9 Å². The molecule has 1 aliphatic carbocycles. The van der Waals surface area contributed by atoms with Crippen molar-refractivity contribution < 1.29 is 36.6 Å². The lowest BCUT2D eigenvalue weighted by atomic mass is 9.89. The number of thiazole rings is 1. The number of rotatable bonds is 7. The zero-order valence-corrected chi connectivity index (χ0v) is 21.9. The number of hydrogen-bond donors (Lipinski definition) is 3. The summed E-state index contributed by atoms with van der Waals surface area (Å²) in [4.78, 5) is 35.7. The van der Waals surface area contributed by atoms with E-state index >= 15 is 0 Å². The molecule has 3 unspecified atom stereocenters. The summed E-state index contributed by atoms with van der Waals surface area (Å²) in [5, 5.41) is 14.2. The topological polar surface area (TPSA) is 107 Å². The third-order valence-electron chi connectivity index (χ3n) is 6.28. The summed E-state index contributed by atoms with van der Waals surface area (Å²) >= 11 is 0.716. The molecule has 3 atom stereocenters. The highest BCUT2D eigenvalue weighted by atomic mass is 32.1. The third kappa shape index (κ3) is 6.76. The van der Waals surface area contributed by atoms with Gasteiger partial charge in [0.05, 0.1) is 17.0 Å². The van der Waals surface area contributed by atoms with Gasteiger partial charge in [0.2, 0.25) is 0 Å². The van der Waals surface area contributed by atoms with E-state index in [1.54, 1.807) is 4.90 Å². The van der Waals surface area contributed by atoms with Gasteiger partial charge in [-0.05, 0) is 38.7 Å². The number of aromatic nitrogens is 2. The summed E-state index contributed by atoms with van der Waals surface area (Å²) in [6.45, 7) is 4.82. The van der Waals surface area contributed by atoms with Crippen molar-refractivity contribution in [1.29, 1.82) is 0 Å². The van der Waals surface area contributed by atoms with E-state index < -0.39 is 54.5 Å². The number of alkyl halides is 5. The van der Waals surface area contributed by atoms with Gasteiger partial charge in [0.15, 0.2) is 5.01 Å². The number of nitrogens with zero attached hydrogens (tertiary/aromatic N) is 3. The van der Waals surface area contributed by atoms with Crippen LogP contribution >= 0.6 is 11.3 Å². The molecule has 1 aliphatic heterocycles. The van der Waals surface area contributed by atoms with Gasteiger partial charge in [-0.3, -0.25) is 9.59 Å². The van der Waals surface area contributed by atoms with E-state index in [0.717, 1.165) is 25.1 Å². The van der Waals surface area contributed by atoms with Crippen molar-refractivity contribution in [3.63, 3.8) is 0 Å². The molecule has 2 amide bonds. The predicted octanol–water partition coefficient (Wildman–Crippen LogP) is 5.02. The molecule has 2 aromatic heterocycles. The highest BCUT2D eigenvalue weighted by Gasteiger charge is 2.35. The van der Waals surface area contributed by atoms with Crippen LogP contribution in [0.3, 0.4) is 0 Å². The minimum Gasteiger partial charge on any atom is -0.391 e. The van der Waals surface area contributed by atoms with Crippen LogP contribution in [0.2, 0.25) is 0 Å². The van der Waals surface area contributed by atoms with Crippen LogP contribution in [-0.2, 0) is 0 Å². The summed E-state index contributed by atoms with van der Waals surface area (Å²) in [5.74, 6) is -1.60. The minimum atomic E-state index is -4.58. The summed E-state index contributed by atoms with van der Waals surface area (Å²) in [5.41, 5.74) is -1.05. The maximum Gasteiger partial charge on any atom is 0.405 e. The molecule has 0 bridgehead atoms. The fraction of sp³-hybridized carbons (Fsp3) is 0.583. The van der Waals surface area contributed by atoms with Crippen LogP contribution < -0.4 is 10.6 Å². The Hall–Kier alpha value is -2.87. The first-order valence-corrected chi connectivity index (χ1v) is 13.2. The van der Waals surface area contributed by atoms with E-state index in [1.165, 1.54) is 0 Å². The van der Waals surface area contributed by atoms with Crippen LogP contribution in [-0.4, -0.2) is 69.2 Å². The first-order valence-electron chi connectivity index (χ1n) is 12.3. The monoisotopic (exact) mass is 563 g/mol. The second-order valence-corrected chi connectivity index (χ2v) is 9.84. The molecule has 3 N–H and O–H groups in total. The molecule has 2 fully saturated rings. The highest BCUT2D eigenvalue weighted by Crippen LogP contribution is 2.39. The Morgan fingerprint density at radius 3 is 2.47 bits per heavy atom. The number of aliphatic hydroxyl groups is 1. The molecule has 4 rings (SSSR count). The average molecular weight is 564 g/mol. The molecule has 2 aliphatic rings. The van der Waals surface area contributed by atoms with Gasteiger partial charge >= 0.3 is 6.18 Å². The van der Waals surface area contributed by atoms with Gasteiger partial charge < -0.3 is 20.6 Å². The van der Waals surface area contributed by atoms with Crippen LogP contribution in [0.5, 0.6) is 0 Å². The Morgan fingerprint density at radius 2 is 1.95 bits per heavy atom. The van der Waals surface area contributed by atoms with Gasteiger partial charge in [-0.15, -0.1) is 11.3 Å². The van der Waals surface area contributed by atoms with Gasteiger partial charge in [-0.25, -0.2) is 18.7 Å². The highest BCUT2D eigenvalue weighted by molar-refractivity contribution is 7.17.